The van der Waals surface area contributed by atoms with Crippen molar-refractivity contribution in [3.05, 3.63) is 0 Å². The van der Waals surface area contributed by atoms with Gasteiger partial charge in [-0.25, -0.2) is 0 Å². The minimum atomic E-state index is 0. The summed E-state index contributed by atoms with van der Waals surface area (Å²) in [5, 5.41) is 0. The van der Waals surface area contributed by atoms with Gasteiger partial charge < -0.3 is 0 Å². The van der Waals surface area contributed by atoms with Crippen LogP contribution in [-0.4, -0.2) is 48.9 Å². The number of hydrogen-bond acceptors (Lipinski definition) is 0. The zero-order valence-electron chi connectivity index (χ0n) is 5.40. The Morgan fingerprint density at radius 2 is 1.12 bits per heavy atom. The maximum absolute atomic E-state index is 1.58. The van der Waals surface area contributed by atoms with Gasteiger partial charge >= 0.3 is 0 Å². The van der Waals surface area contributed by atoms with Crippen LogP contribution in [0.25, 0.3) is 0 Å². The van der Waals surface area contributed by atoms with Crippen molar-refractivity contribution in [2.24, 2.45) is 11.8 Å². The fourth-order valence-corrected chi connectivity index (χ4v) is 2.17. The first-order valence-corrected chi connectivity index (χ1v) is 3.45. The van der Waals surface area contributed by atoms with Gasteiger partial charge in [-0.15, -0.1) is 0 Å². The predicted octanol–water partition coefficient (Wildman–Crippen LogP) is 1.82. The quantitative estimate of drug-likeness (QED) is 0.560. The van der Waals surface area contributed by atoms with Gasteiger partial charge in [-0.2, -0.15) is 0 Å². The van der Waals surface area contributed by atoms with Crippen molar-refractivity contribution < 1.29 is 0 Å². The fraction of sp³-hybridized carbons (Fsp3) is 1.00. The molecule has 2 aliphatic rings. The summed E-state index contributed by atoms with van der Waals surface area (Å²) >= 11 is 0. The molecule has 2 fully saturated rings. The summed E-state index contributed by atoms with van der Waals surface area (Å²) in [6.45, 7) is 0. The van der Waals surface area contributed by atoms with Gasteiger partial charge in [-0.1, -0.05) is 25.7 Å². The van der Waals surface area contributed by atoms with Crippen LogP contribution in [0.5, 0.6) is 0 Å². The van der Waals surface area contributed by atoms with Gasteiger partial charge in [-0.3, -0.25) is 0 Å². The smallest absolute Gasteiger partial charge is 0 e. The third-order valence-electron chi connectivity index (χ3n) is 2.63. The molecule has 0 spiro atoms. The van der Waals surface area contributed by atoms with Crippen molar-refractivity contribution in [1.29, 1.82) is 0 Å². The van der Waals surface area contributed by atoms with E-state index in [1.165, 1.54) is 11.8 Å². The standard InChI is InChI=1S/C7H12.Ba/c1-2-7-4-3-6(1)5-7;/h6-7H,1-5H2;. The molecular weight excluding hydrogens is 221 g/mol. The fourth-order valence-electron chi connectivity index (χ4n) is 2.17. The Bertz CT molecular complexity index is 62.5. The van der Waals surface area contributed by atoms with Crippen LogP contribution in [0.1, 0.15) is 32.1 Å². The van der Waals surface area contributed by atoms with Crippen molar-refractivity contribution in [3.8, 4) is 0 Å². The first-order valence-electron chi connectivity index (χ1n) is 3.45. The van der Waals surface area contributed by atoms with Crippen LogP contribution < -0.4 is 0 Å². The van der Waals surface area contributed by atoms with Crippen LogP contribution in [0.3, 0.4) is 0 Å². The van der Waals surface area contributed by atoms with Crippen molar-refractivity contribution >= 4 is 48.9 Å². The largest absolute Gasteiger partial charge is 0.0502 e. The van der Waals surface area contributed by atoms with E-state index < -0.39 is 0 Å². The van der Waals surface area contributed by atoms with Crippen molar-refractivity contribution in [1.82, 2.24) is 0 Å². The second kappa shape index (κ2) is 3.11. The molecule has 42 valence electrons. The van der Waals surface area contributed by atoms with Gasteiger partial charge in [0.15, 0.2) is 0 Å². The second-order valence-electron chi connectivity index (χ2n) is 3.12. The summed E-state index contributed by atoms with van der Waals surface area (Å²) in [4.78, 5) is 0. The zero-order chi connectivity index (χ0) is 4.69. The first-order chi connectivity index (χ1) is 3.45. The van der Waals surface area contributed by atoms with Gasteiger partial charge in [0, 0.05) is 48.9 Å². The Labute approximate surface area is 91.5 Å². The van der Waals surface area contributed by atoms with Crippen LogP contribution in [0, 0.1) is 11.8 Å². The van der Waals surface area contributed by atoms with Crippen molar-refractivity contribution in [2.45, 2.75) is 32.1 Å². The molecule has 8 heavy (non-hydrogen) atoms. The Kier molecular flexibility index (Phi) is 2.98. The van der Waals surface area contributed by atoms with E-state index in [2.05, 4.69) is 0 Å². The van der Waals surface area contributed by atoms with E-state index in [-0.39, 0.29) is 48.9 Å². The van der Waals surface area contributed by atoms with Crippen LogP contribution >= 0.6 is 0 Å². The monoisotopic (exact) mass is 234 g/mol. The Morgan fingerprint density at radius 3 is 1.25 bits per heavy atom. The number of hydrogen-bond donors (Lipinski definition) is 0. The molecular formula is C7H12Ba. The molecule has 0 atom stereocenters. The molecule has 1 heteroatoms. The molecule has 0 unspecified atom stereocenters. The van der Waals surface area contributed by atoms with Crippen LogP contribution in [0.2, 0.25) is 0 Å². The molecule has 2 aliphatic carbocycles. The summed E-state index contributed by atoms with van der Waals surface area (Å²) < 4.78 is 0. The summed E-state index contributed by atoms with van der Waals surface area (Å²) in [6.07, 6.45) is 7.82. The van der Waals surface area contributed by atoms with Crippen molar-refractivity contribution in [2.75, 3.05) is 0 Å². The molecule has 2 bridgehead atoms. The summed E-state index contributed by atoms with van der Waals surface area (Å²) in [7, 11) is 0. The maximum atomic E-state index is 1.58. The molecule has 2 saturated carbocycles. The van der Waals surface area contributed by atoms with Gasteiger partial charge in [0.05, 0.1) is 0 Å². The maximum Gasteiger partial charge on any atom is 0 e. The molecule has 0 aromatic rings. The molecule has 0 aliphatic heterocycles. The van der Waals surface area contributed by atoms with Gasteiger partial charge in [0.25, 0.3) is 0 Å². The minimum absolute atomic E-state index is 0. The van der Waals surface area contributed by atoms with E-state index in [0.29, 0.717) is 0 Å². The Balaban J connectivity index is 0.000000320. The molecule has 0 nitrogen and oxygen atoms in total. The normalized spacial score (nSPS) is 42.0. The average molecular weight is 234 g/mol. The van der Waals surface area contributed by atoms with E-state index in [1.807, 2.05) is 0 Å². The minimum Gasteiger partial charge on any atom is -0.0502 e. The van der Waals surface area contributed by atoms with Gasteiger partial charge in [-0.05, 0) is 18.3 Å². The van der Waals surface area contributed by atoms with E-state index in [0.717, 1.165) is 0 Å². The predicted molar refractivity (Wildman–Crippen MR) is 35.8 cm³/mol. The Morgan fingerprint density at radius 1 is 0.750 bits per heavy atom. The average Bonchev–Trinajstić information content (AvgIpc) is 2.22. The number of fused-ring (bicyclic) bond motifs is 2. The van der Waals surface area contributed by atoms with E-state index in [1.54, 1.807) is 32.1 Å². The molecule has 0 aromatic carbocycles. The van der Waals surface area contributed by atoms with E-state index >= 15 is 0 Å². The van der Waals surface area contributed by atoms with Crippen molar-refractivity contribution in [3.63, 3.8) is 0 Å². The molecule has 0 heterocycles. The Hall–Kier alpha value is 1.57. The van der Waals surface area contributed by atoms with Crippen LogP contribution in [0.4, 0.5) is 0 Å². The second-order valence-corrected chi connectivity index (χ2v) is 3.12. The molecule has 0 amide bonds. The summed E-state index contributed by atoms with van der Waals surface area (Å²) in [5.41, 5.74) is 0. The topological polar surface area (TPSA) is 0 Å². The van der Waals surface area contributed by atoms with E-state index in [9.17, 15) is 0 Å². The molecule has 2 radical (unpaired) electrons. The van der Waals surface area contributed by atoms with E-state index in [4.69, 9.17) is 0 Å². The van der Waals surface area contributed by atoms with Gasteiger partial charge in [0.2, 0.25) is 0 Å². The SMILES string of the molecule is C1CC2CCC1C2.[Ba]. The zero-order valence-corrected chi connectivity index (χ0v) is 9.84. The first kappa shape index (κ1) is 7.68. The molecule has 0 N–H and O–H groups in total. The third-order valence-corrected chi connectivity index (χ3v) is 2.63. The molecule has 2 rings (SSSR count). The van der Waals surface area contributed by atoms with Gasteiger partial charge in [0.1, 0.15) is 0 Å². The summed E-state index contributed by atoms with van der Waals surface area (Å²) in [6, 6.07) is 0. The molecule has 0 aromatic heterocycles. The summed E-state index contributed by atoms with van der Waals surface area (Å²) in [5.74, 6) is 2.34. The third kappa shape index (κ3) is 1.35. The molecule has 0 saturated heterocycles. The van der Waals surface area contributed by atoms with Crippen LogP contribution in [-0.2, 0) is 0 Å². The van der Waals surface area contributed by atoms with Crippen LogP contribution in [0.15, 0.2) is 0 Å². The number of rotatable bonds is 0.